The van der Waals surface area contributed by atoms with Crippen LogP contribution in [0.1, 0.15) is 54.4 Å². The minimum atomic E-state index is 0.217. The average molecular weight is 258 g/mol. The van der Waals surface area contributed by atoms with Gasteiger partial charge in [-0.1, -0.05) is 34.6 Å². The van der Waals surface area contributed by atoms with Crippen molar-refractivity contribution in [3.63, 3.8) is 0 Å². The number of likely N-dealkylation sites (N-methyl/N-ethyl adjacent to an activating group) is 2. The van der Waals surface area contributed by atoms with Crippen LogP contribution in [0.2, 0.25) is 0 Å². The standard InChI is InChI=1S/C15H34N2O/c1-7-15(8-2,17(10-4)11-5)14(16-9-3)13-18-12-6/h14,16H,7-13H2,1-6H3. The zero-order valence-electron chi connectivity index (χ0n) is 13.4. The topological polar surface area (TPSA) is 24.5 Å². The summed E-state index contributed by atoms with van der Waals surface area (Å²) in [5.41, 5.74) is 0.217. The van der Waals surface area contributed by atoms with Crippen LogP contribution in [-0.4, -0.2) is 49.3 Å². The number of hydrogen-bond acceptors (Lipinski definition) is 3. The minimum Gasteiger partial charge on any atom is -0.380 e. The molecule has 0 aliphatic rings. The second-order valence-electron chi connectivity index (χ2n) is 4.75. The summed E-state index contributed by atoms with van der Waals surface area (Å²) in [5, 5.41) is 3.64. The molecule has 0 radical (unpaired) electrons. The fourth-order valence-corrected chi connectivity index (χ4v) is 3.15. The molecule has 0 rings (SSSR count). The summed E-state index contributed by atoms with van der Waals surface area (Å²) in [5.74, 6) is 0. The molecule has 0 aromatic rings. The van der Waals surface area contributed by atoms with Gasteiger partial charge in [0.25, 0.3) is 0 Å². The van der Waals surface area contributed by atoms with Gasteiger partial charge in [-0.15, -0.1) is 0 Å². The van der Waals surface area contributed by atoms with E-state index in [4.69, 9.17) is 4.74 Å². The molecule has 0 amide bonds. The second kappa shape index (κ2) is 9.76. The van der Waals surface area contributed by atoms with E-state index in [2.05, 4.69) is 51.8 Å². The average Bonchev–Trinajstić information content (AvgIpc) is 2.41. The Kier molecular flexibility index (Phi) is 9.70. The van der Waals surface area contributed by atoms with E-state index in [1.54, 1.807) is 0 Å². The van der Waals surface area contributed by atoms with E-state index < -0.39 is 0 Å². The number of hydrogen-bond donors (Lipinski definition) is 1. The van der Waals surface area contributed by atoms with Crippen molar-refractivity contribution in [3.8, 4) is 0 Å². The molecule has 1 unspecified atom stereocenters. The van der Waals surface area contributed by atoms with Gasteiger partial charge in [-0.05, 0) is 39.4 Å². The highest BCUT2D eigenvalue weighted by Gasteiger charge is 2.39. The summed E-state index contributed by atoms with van der Waals surface area (Å²) >= 11 is 0. The first-order valence-corrected chi connectivity index (χ1v) is 7.72. The van der Waals surface area contributed by atoms with Crippen molar-refractivity contribution in [1.82, 2.24) is 10.2 Å². The Morgan fingerprint density at radius 3 is 1.89 bits per heavy atom. The van der Waals surface area contributed by atoms with E-state index >= 15 is 0 Å². The molecule has 0 aromatic heterocycles. The quantitative estimate of drug-likeness (QED) is 0.617. The molecule has 3 nitrogen and oxygen atoms in total. The summed E-state index contributed by atoms with van der Waals surface area (Å²) in [7, 11) is 0. The van der Waals surface area contributed by atoms with Crippen molar-refractivity contribution in [1.29, 1.82) is 0 Å². The smallest absolute Gasteiger partial charge is 0.0637 e. The number of ether oxygens (including phenoxy) is 1. The molecule has 0 saturated carbocycles. The van der Waals surface area contributed by atoms with Crippen molar-refractivity contribution in [3.05, 3.63) is 0 Å². The Bertz CT molecular complexity index is 189. The Morgan fingerprint density at radius 2 is 1.56 bits per heavy atom. The predicted octanol–water partition coefficient (Wildman–Crippen LogP) is 2.90. The van der Waals surface area contributed by atoms with E-state index in [1.807, 2.05) is 0 Å². The summed E-state index contributed by atoms with van der Waals surface area (Å²) in [6.07, 6.45) is 2.33. The Balaban J connectivity index is 5.06. The minimum absolute atomic E-state index is 0.217. The van der Waals surface area contributed by atoms with Crippen molar-refractivity contribution in [2.24, 2.45) is 0 Å². The van der Waals surface area contributed by atoms with Crippen LogP contribution in [0.25, 0.3) is 0 Å². The van der Waals surface area contributed by atoms with E-state index in [0.717, 1.165) is 45.7 Å². The molecule has 0 fully saturated rings. The fraction of sp³-hybridized carbons (Fsp3) is 1.00. The molecule has 0 aromatic carbocycles. The van der Waals surface area contributed by atoms with Gasteiger partial charge in [-0.2, -0.15) is 0 Å². The molecule has 0 heterocycles. The van der Waals surface area contributed by atoms with Crippen LogP contribution in [0.5, 0.6) is 0 Å². The van der Waals surface area contributed by atoms with Gasteiger partial charge >= 0.3 is 0 Å². The van der Waals surface area contributed by atoms with Gasteiger partial charge in [0.2, 0.25) is 0 Å². The van der Waals surface area contributed by atoms with Crippen molar-refractivity contribution >= 4 is 0 Å². The van der Waals surface area contributed by atoms with Crippen LogP contribution in [0.3, 0.4) is 0 Å². The Labute approximate surface area is 114 Å². The van der Waals surface area contributed by atoms with Crippen LogP contribution in [0, 0.1) is 0 Å². The van der Waals surface area contributed by atoms with Gasteiger partial charge in [0.15, 0.2) is 0 Å². The molecule has 0 saturated heterocycles. The maximum absolute atomic E-state index is 5.71. The van der Waals surface area contributed by atoms with E-state index in [0.29, 0.717) is 6.04 Å². The van der Waals surface area contributed by atoms with Crippen molar-refractivity contribution < 1.29 is 4.74 Å². The first kappa shape index (κ1) is 17.9. The first-order valence-electron chi connectivity index (χ1n) is 7.72. The number of rotatable bonds is 11. The lowest BCUT2D eigenvalue weighted by atomic mass is 9.82. The Hall–Kier alpha value is -0.120. The van der Waals surface area contributed by atoms with Gasteiger partial charge in [0.1, 0.15) is 0 Å². The highest BCUT2D eigenvalue weighted by Crippen LogP contribution is 2.28. The largest absolute Gasteiger partial charge is 0.380 e. The molecule has 110 valence electrons. The molecule has 1 atom stereocenters. The van der Waals surface area contributed by atoms with Gasteiger partial charge in [-0.25, -0.2) is 0 Å². The normalized spacial score (nSPS) is 14.2. The highest BCUT2D eigenvalue weighted by molar-refractivity contribution is 4.98. The summed E-state index contributed by atoms with van der Waals surface area (Å²) in [4.78, 5) is 2.60. The van der Waals surface area contributed by atoms with Gasteiger partial charge < -0.3 is 10.1 Å². The predicted molar refractivity (Wildman–Crippen MR) is 80.2 cm³/mol. The van der Waals surface area contributed by atoms with E-state index in [9.17, 15) is 0 Å². The molecule has 0 spiro atoms. The van der Waals surface area contributed by atoms with E-state index in [1.165, 1.54) is 0 Å². The molecule has 0 aliphatic carbocycles. The molecule has 18 heavy (non-hydrogen) atoms. The molecule has 1 N–H and O–H groups in total. The molecule has 0 aliphatic heterocycles. The van der Waals surface area contributed by atoms with Gasteiger partial charge in [0.05, 0.1) is 6.61 Å². The van der Waals surface area contributed by atoms with E-state index in [-0.39, 0.29) is 5.54 Å². The zero-order valence-corrected chi connectivity index (χ0v) is 13.4. The highest BCUT2D eigenvalue weighted by atomic mass is 16.5. The summed E-state index contributed by atoms with van der Waals surface area (Å²) < 4.78 is 5.71. The van der Waals surface area contributed by atoms with Crippen molar-refractivity contribution in [2.75, 3.05) is 32.8 Å². The lowest BCUT2D eigenvalue weighted by Gasteiger charge is -2.48. The maximum Gasteiger partial charge on any atom is 0.0637 e. The third-order valence-corrected chi connectivity index (χ3v) is 4.21. The molecular formula is C15H34N2O. The third-order valence-electron chi connectivity index (χ3n) is 4.21. The van der Waals surface area contributed by atoms with Crippen LogP contribution >= 0.6 is 0 Å². The lowest BCUT2D eigenvalue weighted by molar-refractivity contribution is 0.00694. The number of nitrogens with one attached hydrogen (secondary N) is 1. The SMILES string of the molecule is CCNC(COCC)C(CC)(CC)N(CC)CC. The summed E-state index contributed by atoms with van der Waals surface area (Å²) in [6, 6.07) is 0.414. The van der Waals surface area contributed by atoms with Crippen LogP contribution in [0.4, 0.5) is 0 Å². The third kappa shape index (κ3) is 4.22. The van der Waals surface area contributed by atoms with Gasteiger partial charge in [-0.3, -0.25) is 4.90 Å². The maximum atomic E-state index is 5.71. The van der Waals surface area contributed by atoms with Crippen LogP contribution in [-0.2, 0) is 4.74 Å². The monoisotopic (exact) mass is 258 g/mol. The van der Waals surface area contributed by atoms with Gasteiger partial charge in [0, 0.05) is 18.2 Å². The van der Waals surface area contributed by atoms with Crippen LogP contribution in [0.15, 0.2) is 0 Å². The molecule has 0 bridgehead atoms. The van der Waals surface area contributed by atoms with Crippen LogP contribution < -0.4 is 5.32 Å². The number of nitrogens with zero attached hydrogens (tertiary/aromatic N) is 1. The molecular weight excluding hydrogens is 224 g/mol. The lowest BCUT2D eigenvalue weighted by Crippen LogP contribution is -2.62. The second-order valence-corrected chi connectivity index (χ2v) is 4.75. The van der Waals surface area contributed by atoms with Crippen molar-refractivity contribution in [2.45, 2.75) is 66.0 Å². The molecule has 3 heteroatoms. The fourth-order valence-electron chi connectivity index (χ4n) is 3.15. The first-order chi connectivity index (χ1) is 8.66. The zero-order chi connectivity index (χ0) is 14.0. The summed E-state index contributed by atoms with van der Waals surface area (Å²) in [6.45, 7) is 18.2. The Morgan fingerprint density at radius 1 is 1.00 bits per heavy atom.